The first-order valence-corrected chi connectivity index (χ1v) is 21.3. The maximum absolute atomic E-state index is 13.9. The zero-order valence-electron chi connectivity index (χ0n) is 35.5. The van der Waals surface area contributed by atoms with Gasteiger partial charge in [-0.2, -0.15) is 0 Å². The lowest BCUT2D eigenvalue weighted by molar-refractivity contribution is -0.122. The van der Waals surface area contributed by atoms with Crippen molar-refractivity contribution in [3.8, 4) is 0 Å². The smallest absolute Gasteiger partial charge is 0.252 e. The topological polar surface area (TPSA) is 262 Å². The van der Waals surface area contributed by atoms with Crippen LogP contribution in [0.15, 0.2) is 121 Å². The van der Waals surface area contributed by atoms with Crippen molar-refractivity contribution >= 4 is 93.4 Å². The van der Waals surface area contributed by atoms with Crippen molar-refractivity contribution in [2.45, 2.75) is 31.5 Å². The minimum atomic E-state index is -1.46. The third-order valence-corrected chi connectivity index (χ3v) is 10.3. The molecule has 20 heteroatoms. The Morgan fingerprint density at radius 2 is 0.896 bits per heavy atom. The fourth-order valence-electron chi connectivity index (χ4n) is 6.54. The first-order chi connectivity index (χ1) is 32.1. The minimum Gasteiger partial charge on any atom is -0.354 e. The lowest BCUT2D eigenvalue weighted by atomic mass is 10.1. The Hall–Kier alpha value is -8.09. The molecule has 344 valence electrons. The summed E-state index contributed by atoms with van der Waals surface area (Å²) in [6, 6.07) is 25.7. The van der Waals surface area contributed by atoms with Gasteiger partial charge in [0.15, 0.2) is 0 Å². The van der Waals surface area contributed by atoms with Gasteiger partial charge in [-0.15, -0.1) is 0 Å². The molecule has 9 amide bonds. The molecule has 6 rings (SSSR count). The first-order valence-electron chi connectivity index (χ1n) is 20.5. The Morgan fingerprint density at radius 3 is 1.31 bits per heavy atom. The van der Waals surface area contributed by atoms with E-state index in [0.717, 1.165) is 0 Å². The number of carbonyl (C=O) groups excluding carboxylic acids is 9. The Morgan fingerprint density at radius 1 is 0.493 bits per heavy atom. The number of hydrogen-bond acceptors (Lipinski definition) is 9. The zero-order valence-corrected chi connectivity index (χ0v) is 37.0. The Balaban J connectivity index is 1.33. The highest BCUT2D eigenvalue weighted by molar-refractivity contribution is 6.35. The maximum Gasteiger partial charge on any atom is 0.252 e. The molecule has 5 aromatic carbocycles. The monoisotopic (exact) mass is 947 g/mol. The average molecular weight is 949 g/mol. The summed E-state index contributed by atoms with van der Waals surface area (Å²) in [5, 5.41) is 23.8. The van der Waals surface area contributed by atoms with E-state index in [2.05, 4.69) is 47.9 Å². The normalized spacial score (nSPS) is 16.9. The van der Waals surface area contributed by atoms with E-state index in [1.165, 1.54) is 97.9 Å². The van der Waals surface area contributed by atoms with E-state index in [-0.39, 0.29) is 68.9 Å². The lowest BCUT2D eigenvalue weighted by Gasteiger charge is -2.21. The summed E-state index contributed by atoms with van der Waals surface area (Å²) >= 11 is 12.2. The fraction of sp³-hybridized carbons (Fsp3) is 0.170. The molecule has 0 fully saturated rings. The van der Waals surface area contributed by atoms with Gasteiger partial charge < -0.3 is 47.9 Å². The molecule has 67 heavy (non-hydrogen) atoms. The molecular formula is C47H43Cl2N9O9. The van der Waals surface area contributed by atoms with Crippen LogP contribution in [0.2, 0.25) is 10.0 Å². The average Bonchev–Trinajstić information content (AvgIpc) is 3.29. The van der Waals surface area contributed by atoms with Crippen molar-refractivity contribution < 1.29 is 43.2 Å². The molecule has 0 saturated heterocycles. The zero-order chi connectivity index (χ0) is 48.0. The van der Waals surface area contributed by atoms with Gasteiger partial charge in [-0.3, -0.25) is 43.2 Å². The van der Waals surface area contributed by atoms with Crippen molar-refractivity contribution in [2.75, 3.05) is 35.6 Å². The van der Waals surface area contributed by atoms with Crippen molar-refractivity contribution in [1.82, 2.24) is 31.9 Å². The summed E-state index contributed by atoms with van der Waals surface area (Å²) < 4.78 is 0. The van der Waals surface area contributed by atoms with Gasteiger partial charge >= 0.3 is 0 Å². The fourth-order valence-corrected chi connectivity index (χ4v) is 7.07. The Labute approximate surface area is 393 Å². The first kappa shape index (κ1) is 48.4. The number of halogens is 2. The van der Waals surface area contributed by atoms with Gasteiger partial charge in [0.25, 0.3) is 23.6 Å². The van der Waals surface area contributed by atoms with E-state index in [4.69, 9.17) is 23.2 Å². The molecule has 6 bridgehead atoms. The Bertz CT molecular complexity index is 2720. The molecule has 0 spiro atoms. The van der Waals surface area contributed by atoms with Gasteiger partial charge in [-0.05, 0) is 78.4 Å². The van der Waals surface area contributed by atoms with E-state index < -0.39 is 77.8 Å². The van der Waals surface area contributed by atoms with Crippen molar-refractivity contribution in [1.29, 1.82) is 0 Å². The molecule has 0 saturated carbocycles. The number of carbonyl (C=O) groups is 9. The molecule has 5 aromatic rings. The number of rotatable bonds is 9. The number of fused-ring (bicyclic) bond motifs is 6. The molecule has 1 aliphatic rings. The molecule has 1 heterocycles. The largest absolute Gasteiger partial charge is 0.354 e. The molecular weight excluding hydrogens is 905 g/mol. The number of benzene rings is 5. The number of hydrogen-bond donors (Lipinski definition) is 9. The summed E-state index contributed by atoms with van der Waals surface area (Å²) in [6.45, 7) is 0.0562. The molecule has 0 unspecified atom stereocenters. The second-order valence-corrected chi connectivity index (χ2v) is 15.9. The predicted octanol–water partition coefficient (Wildman–Crippen LogP) is 3.44. The van der Waals surface area contributed by atoms with Crippen molar-refractivity contribution in [3.63, 3.8) is 0 Å². The summed E-state index contributed by atoms with van der Waals surface area (Å²) in [4.78, 5) is 121. The van der Waals surface area contributed by atoms with E-state index in [1.807, 2.05) is 0 Å². The summed E-state index contributed by atoms with van der Waals surface area (Å²) in [6.07, 6.45) is -0.0189. The van der Waals surface area contributed by atoms with Crippen LogP contribution in [-0.4, -0.2) is 90.9 Å². The quantitative estimate of drug-likeness (QED) is 0.105. The van der Waals surface area contributed by atoms with Crippen molar-refractivity contribution in [2.24, 2.45) is 0 Å². The SMILES string of the molecule is CC(=O)NC[C@@H]1NC(=O)c2cccc(c2)NC(=O)[C@H](CNC(=O)c2cc(Cl)cc(Cl)c2)NC(=O)c2cccc(c2)NC(=O)[C@H](CNC(=O)Cc2ccccc2)NC(=O)c2cccc(c2)NC1=O. The molecule has 18 nitrogen and oxygen atoms in total. The summed E-state index contributed by atoms with van der Waals surface area (Å²) in [5.41, 5.74) is 1.05. The van der Waals surface area contributed by atoms with Gasteiger partial charge in [-0.1, -0.05) is 71.7 Å². The van der Waals surface area contributed by atoms with Gasteiger partial charge in [0.05, 0.1) is 6.42 Å². The molecule has 0 radical (unpaired) electrons. The van der Waals surface area contributed by atoms with Crippen LogP contribution < -0.4 is 47.9 Å². The van der Waals surface area contributed by atoms with Gasteiger partial charge in [-0.25, -0.2) is 0 Å². The second-order valence-electron chi connectivity index (χ2n) is 15.1. The van der Waals surface area contributed by atoms with Crippen LogP contribution in [0.4, 0.5) is 17.1 Å². The highest BCUT2D eigenvalue weighted by atomic mass is 35.5. The maximum atomic E-state index is 13.9. The van der Waals surface area contributed by atoms with Crippen molar-refractivity contribution in [3.05, 3.63) is 159 Å². The third-order valence-electron chi connectivity index (χ3n) is 9.90. The molecule has 0 aromatic heterocycles. The molecule has 9 N–H and O–H groups in total. The minimum absolute atomic E-state index is 0.00255. The van der Waals surface area contributed by atoms with Gasteiger partial charge in [0.1, 0.15) is 18.1 Å². The summed E-state index contributed by atoms with van der Waals surface area (Å²) in [7, 11) is 0. The van der Waals surface area contributed by atoms with Gasteiger partial charge in [0.2, 0.25) is 29.5 Å². The number of nitrogens with one attached hydrogen (secondary N) is 9. The highest BCUT2D eigenvalue weighted by Gasteiger charge is 2.27. The molecule has 3 atom stereocenters. The van der Waals surface area contributed by atoms with E-state index in [1.54, 1.807) is 30.3 Å². The van der Waals surface area contributed by atoms with E-state index in [0.29, 0.717) is 5.56 Å². The van der Waals surface area contributed by atoms with E-state index in [9.17, 15) is 43.2 Å². The van der Waals surface area contributed by atoms with E-state index >= 15 is 0 Å². The highest BCUT2D eigenvalue weighted by Crippen LogP contribution is 2.20. The van der Waals surface area contributed by atoms with Crippen LogP contribution in [0.3, 0.4) is 0 Å². The van der Waals surface area contributed by atoms with Crippen LogP contribution in [-0.2, 0) is 30.4 Å². The second kappa shape index (κ2) is 22.7. The number of amides is 9. The van der Waals surface area contributed by atoms with Crippen LogP contribution in [0.1, 0.15) is 53.9 Å². The van der Waals surface area contributed by atoms with Gasteiger partial charge in [0, 0.05) is 75.9 Å². The van der Waals surface area contributed by atoms with Crippen LogP contribution in [0.25, 0.3) is 0 Å². The standard InChI is InChI=1S/C47H43Cl2N9O9/c1-26(59)50-23-37-45(65)53-34-13-6-11-29(20-34)43(63)57-38(24-51-40(60)16-27-8-3-2-4-9-27)46(66)54-35-14-7-12-30(21-35)44(64)58-39(25-52-41(61)31-17-32(48)22-33(49)18-31)47(67)55-36-15-5-10-28(19-36)42(62)56-37/h2-15,17-22,37-39H,16,23-25H2,1H3,(H,50,59)(H,51,60)(H,52,61)(H,53,65)(H,54,66)(H,55,67)(H,56,62)(H,57,63)(H,58,64)/t37-,38-,39-/m0/s1. The van der Waals surface area contributed by atoms with Crippen LogP contribution in [0.5, 0.6) is 0 Å². The molecule has 0 aliphatic carbocycles. The predicted molar refractivity (Wildman–Crippen MR) is 250 cm³/mol. The Kier molecular flexibility index (Phi) is 16.4. The third kappa shape index (κ3) is 14.2. The summed E-state index contributed by atoms with van der Waals surface area (Å²) in [5.74, 6) is -6.36. The van der Waals surface area contributed by atoms with Crippen LogP contribution in [0, 0.1) is 0 Å². The lowest BCUT2D eigenvalue weighted by Crippen LogP contribution is -2.51. The van der Waals surface area contributed by atoms with Crippen LogP contribution >= 0.6 is 23.2 Å². The molecule has 1 aliphatic heterocycles. The number of anilines is 3.